The molecule has 0 atom stereocenters. The second-order valence-corrected chi connectivity index (χ2v) is 5.49. The summed E-state index contributed by atoms with van der Waals surface area (Å²) in [5.41, 5.74) is 3.78. The van der Waals surface area contributed by atoms with Crippen molar-refractivity contribution in [1.82, 2.24) is 14.9 Å². The predicted molar refractivity (Wildman–Crippen MR) is 82.9 cm³/mol. The third kappa shape index (κ3) is 3.11. The molecule has 0 bridgehead atoms. The molecule has 0 radical (unpaired) electrons. The minimum Gasteiger partial charge on any atom is -0.330 e. The maximum atomic E-state index is 6.07. The highest BCUT2D eigenvalue weighted by Gasteiger charge is 2.07. The number of rotatable bonds is 4. The summed E-state index contributed by atoms with van der Waals surface area (Å²) in [6.45, 7) is 3.06. The fourth-order valence-corrected chi connectivity index (χ4v) is 2.74. The molecule has 20 heavy (non-hydrogen) atoms. The summed E-state index contributed by atoms with van der Waals surface area (Å²) in [7, 11) is 0. The smallest absolute Gasteiger partial charge is 0.0951 e. The van der Waals surface area contributed by atoms with Gasteiger partial charge in [0, 0.05) is 23.7 Å². The molecule has 104 valence electrons. The van der Waals surface area contributed by atoms with E-state index in [0.717, 1.165) is 48.8 Å². The number of hydrogen-bond donors (Lipinski definition) is 1. The van der Waals surface area contributed by atoms with Crippen molar-refractivity contribution in [3.8, 4) is 11.3 Å². The van der Waals surface area contributed by atoms with Crippen LogP contribution < -0.4 is 5.32 Å². The van der Waals surface area contributed by atoms with Crippen LogP contribution in [-0.4, -0.2) is 22.6 Å². The molecular formula is C16H18ClN3. The number of halogens is 1. The van der Waals surface area contributed by atoms with E-state index in [4.69, 9.17) is 11.6 Å². The summed E-state index contributed by atoms with van der Waals surface area (Å²) in [5, 5.41) is 4.10. The van der Waals surface area contributed by atoms with E-state index >= 15 is 0 Å². The van der Waals surface area contributed by atoms with E-state index in [1.54, 1.807) is 0 Å². The zero-order valence-corrected chi connectivity index (χ0v) is 12.1. The van der Waals surface area contributed by atoms with Gasteiger partial charge in [0.05, 0.1) is 18.2 Å². The number of hydrogen-bond acceptors (Lipinski definition) is 2. The van der Waals surface area contributed by atoms with E-state index < -0.39 is 0 Å². The molecule has 0 aliphatic carbocycles. The Morgan fingerprint density at radius 1 is 1.35 bits per heavy atom. The van der Waals surface area contributed by atoms with Gasteiger partial charge in [-0.05, 0) is 31.5 Å². The SMILES string of the molecule is Clc1cccc(-c2cncn2CCC2=CCNCC2)c1. The van der Waals surface area contributed by atoms with Crippen LogP contribution in [0.25, 0.3) is 11.3 Å². The fourth-order valence-electron chi connectivity index (χ4n) is 2.55. The Morgan fingerprint density at radius 3 is 3.10 bits per heavy atom. The average Bonchev–Trinajstić information content (AvgIpc) is 2.95. The van der Waals surface area contributed by atoms with Gasteiger partial charge in [0.1, 0.15) is 0 Å². The molecule has 2 aromatic rings. The van der Waals surface area contributed by atoms with Crippen molar-refractivity contribution in [1.29, 1.82) is 0 Å². The van der Waals surface area contributed by atoms with Gasteiger partial charge in [-0.25, -0.2) is 4.98 Å². The summed E-state index contributed by atoms with van der Waals surface area (Å²) in [6, 6.07) is 7.93. The Morgan fingerprint density at radius 2 is 2.30 bits per heavy atom. The molecule has 1 aliphatic heterocycles. The Balaban J connectivity index is 1.75. The quantitative estimate of drug-likeness (QED) is 0.872. The first-order chi connectivity index (χ1) is 9.83. The van der Waals surface area contributed by atoms with Gasteiger partial charge in [0.25, 0.3) is 0 Å². The predicted octanol–water partition coefficient (Wildman–Crippen LogP) is 3.51. The van der Waals surface area contributed by atoms with Gasteiger partial charge < -0.3 is 9.88 Å². The number of nitrogens with one attached hydrogen (secondary N) is 1. The topological polar surface area (TPSA) is 29.9 Å². The molecule has 2 heterocycles. The largest absolute Gasteiger partial charge is 0.330 e. The molecule has 3 nitrogen and oxygen atoms in total. The van der Waals surface area contributed by atoms with E-state index in [0.29, 0.717) is 0 Å². The number of aryl methyl sites for hydroxylation is 1. The van der Waals surface area contributed by atoms with Gasteiger partial charge in [-0.3, -0.25) is 0 Å². The Labute approximate surface area is 124 Å². The molecule has 1 aromatic heterocycles. The highest BCUT2D eigenvalue weighted by Crippen LogP contribution is 2.23. The Bertz CT molecular complexity index is 616. The summed E-state index contributed by atoms with van der Waals surface area (Å²) < 4.78 is 2.20. The lowest BCUT2D eigenvalue weighted by molar-refractivity contribution is 0.633. The molecule has 0 amide bonds. The first-order valence-corrected chi connectivity index (χ1v) is 7.35. The lowest BCUT2D eigenvalue weighted by atomic mass is 10.1. The van der Waals surface area contributed by atoms with Crippen LogP contribution in [0.1, 0.15) is 12.8 Å². The lowest BCUT2D eigenvalue weighted by Crippen LogP contribution is -2.21. The van der Waals surface area contributed by atoms with E-state index in [1.807, 2.05) is 30.7 Å². The summed E-state index contributed by atoms with van der Waals surface area (Å²) >= 11 is 6.07. The average molecular weight is 288 g/mol. The number of nitrogens with zero attached hydrogens (tertiary/aromatic N) is 2. The second-order valence-electron chi connectivity index (χ2n) is 5.05. The van der Waals surface area contributed by atoms with Crippen molar-refractivity contribution in [2.75, 3.05) is 13.1 Å². The standard InChI is InChI=1S/C16H18ClN3/c17-15-3-1-2-14(10-15)16-11-19-12-20(16)9-6-13-4-7-18-8-5-13/h1-4,10-12,18H,5-9H2. The van der Waals surface area contributed by atoms with Crippen LogP contribution in [0.2, 0.25) is 5.02 Å². The van der Waals surface area contributed by atoms with E-state index in [-0.39, 0.29) is 0 Å². The normalized spacial score (nSPS) is 15.2. The van der Waals surface area contributed by atoms with E-state index in [9.17, 15) is 0 Å². The molecular weight excluding hydrogens is 270 g/mol. The third-order valence-corrected chi connectivity index (χ3v) is 3.90. The van der Waals surface area contributed by atoms with Crippen LogP contribution in [-0.2, 0) is 6.54 Å². The zero-order chi connectivity index (χ0) is 13.8. The van der Waals surface area contributed by atoms with Crippen molar-refractivity contribution >= 4 is 11.6 Å². The van der Waals surface area contributed by atoms with Crippen LogP contribution >= 0.6 is 11.6 Å². The highest BCUT2D eigenvalue weighted by atomic mass is 35.5. The molecule has 0 spiro atoms. The van der Waals surface area contributed by atoms with Crippen molar-refractivity contribution in [3.05, 3.63) is 53.5 Å². The number of benzene rings is 1. The maximum absolute atomic E-state index is 6.07. The van der Waals surface area contributed by atoms with Crippen LogP contribution in [0.5, 0.6) is 0 Å². The van der Waals surface area contributed by atoms with Crippen LogP contribution in [0, 0.1) is 0 Å². The van der Waals surface area contributed by atoms with Crippen LogP contribution in [0.15, 0.2) is 48.4 Å². The van der Waals surface area contributed by atoms with Crippen molar-refractivity contribution in [3.63, 3.8) is 0 Å². The first-order valence-electron chi connectivity index (χ1n) is 6.97. The van der Waals surface area contributed by atoms with E-state index in [2.05, 4.69) is 27.0 Å². The van der Waals surface area contributed by atoms with Crippen LogP contribution in [0.3, 0.4) is 0 Å². The molecule has 1 N–H and O–H groups in total. The highest BCUT2D eigenvalue weighted by molar-refractivity contribution is 6.30. The fraction of sp³-hybridized carbons (Fsp3) is 0.312. The molecule has 0 saturated heterocycles. The second kappa shape index (κ2) is 6.25. The Kier molecular flexibility index (Phi) is 4.19. The third-order valence-electron chi connectivity index (χ3n) is 3.66. The van der Waals surface area contributed by atoms with Crippen molar-refractivity contribution in [2.24, 2.45) is 0 Å². The van der Waals surface area contributed by atoms with E-state index in [1.165, 1.54) is 5.57 Å². The van der Waals surface area contributed by atoms with Gasteiger partial charge in [-0.1, -0.05) is 35.4 Å². The summed E-state index contributed by atoms with van der Waals surface area (Å²) in [5.74, 6) is 0. The van der Waals surface area contributed by atoms with Gasteiger partial charge in [-0.15, -0.1) is 0 Å². The maximum Gasteiger partial charge on any atom is 0.0951 e. The molecule has 1 aliphatic rings. The van der Waals surface area contributed by atoms with Crippen molar-refractivity contribution in [2.45, 2.75) is 19.4 Å². The van der Waals surface area contributed by atoms with Gasteiger partial charge in [0.2, 0.25) is 0 Å². The lowest BCUT2D eigenvalue weighted by Gasteiger charge is -2.15. The first kappa shape index (κ1) is 13.4. The monoisotopic (exact) mass is 287 g/mol. The molecule has 1 aromatic carbocycles. The molecule has 0 saturated carbocycles. The molecule has 3 rings (SSSR count). The summed E-state index contributed by atoms with van der Waals surface area (Å²) in [4.78, 5) is 4.28. The molecule has 0 unspecified atom stereocenters. The van der Waals surface area contributed by atoms with Gasteiger partial charge >= 0.3 is 0 Å². The molecule has 4 heteroatoms. The zero-order valence-electron chi connectivity index (χ0n) is 11.3. The van der Waals surface area contributed by atoms with Crippen molar-refractivity contribution < 1.29 is 0 Å². The van der Waals surface area contributed by atoms with Gasteiger partial charge in [-0.2, -0.15) is 0 Å². The Hall–Kier alpha value is -1.58. The van der Waals surface area contributed by atoms with Crippen LogP contribution in [0.4, 0.5) is 0 Å². The minimum absolute atomic E-state index is 0.760. The summed E-state index contributed by atoms with van der Waals surface area (Å²) in [6.07, 6.45) is 8.35. The van der Waals surface area contributed by atoms with Gasteiger partial charge in [0.15, 0.2) is 0 Å². The number of imidazole rings is 1. The molecule has 0 fully saturated rings. The minimum atomic E-state index is 0.760. The number of aromatic nitrogens is 2.